The van der Waals surface area contributed by atoms with E-state index in [9.17, 15) is 0 Å². The highest BCUT2D eigenvalue weighted by atomic mass is 15.1. The van der Waals surface area contributed by atoms with E-state index in [4.69, 9.17) is 0 Å². The summed E-state index contributed by atoms with van der Waals surface area (Å²) in [5, 5.41) is 0. The lowest BCUT2D eigenvalue weighted by Crippen LogP contribution is -2.21. The number of nitrogens with zero attached hydrogens (tertiary/aromatic N) is 1. The third-order valence-electron chi connectivity index (χ3n) is 3.85. The second-order valence-electron chi connectivity index (χ2n) is 5.09. The molecule has 0 radical (unpaired) electrons. The summed E-state index contributed by atoms with van der Waals surface area (Å²) >= 11 is 0. The number of para-hydroxylation sites is 1. The van der Waals surface area contributed by atoms with Gasteiger partial charge in [-0.05, 0) is 35.6 Å². The highest BCUT2D eigenvalue weighted by Crippen LogP contribution is 2.28. The lowest BCUT2D eigenvalue weighted by atomic mass is 10.0. The van der Waals surface area contributed by atoms with Crippen LogP contribution in [-0.4, -0.2) is 13.1 Å². The second-order valence-corrected chi connectivity index (χ2v) is 5.09. The minimum absolute atomic E-state index is 1.03. The van der Waals surface area contributed by atoms with Crippen LogP contribution in [0.25, 0.3) is 5.57 Å². The number of fused-ring (bicyclic) bond motifs is 1. The van der Waals surface area contributed by atoms with Crippen molar-refractivity contribution in [1.29, 1.82) is 0 Å². The summed E-state index contributed by atoms with van der Waals surface area (Å²) in [5.74, 6) is 0. The summed E-state index contributed by atoms with van der Waals surface area (Å²) in [6.45, 7) is 6.42. The van der Waals surface area contributed by atoms with Crippen LogP contribution in [0.5, 0.6) is 0 Å². The molecular formula is C18H19N. The van der Waals surface area contributed by atoms with E-state index in [0.717, 1.165) is 19.5 Å². The largest absolute Gasteiger partial charge is 0.371 e. The number of hydrogen-bond acceptors (Lipinski definition) is 1. The molecule has 0 amide bonds. The molecule has 1 nitrogen and oxygen atoms in total. The fourth-order valence-corrected chi connectivity index (χ4v) is 2.73. The molecule has 0 spiro atoms. The fourth-order valence-electron chi connectivity index (χ4n) is 2.73. The van der Waals surface area contributed by atoms with Crippen molar-refractivity contribution >= 4 is 11.3 Å². The average Bonchev–Trinajstić information content (AvgIpc) is 2.89. The summed E-state index contributed by atoms with van der Waals surface area (Å²) in [5.41, 5.74) is 5.37. The first-order valence-electron chi connectivity index (χ1n) is 6.90. The Labute approximate surface area is 115 Å². The predicted octanol–water partition coefficient (Wildman–Crippen LogP) is 4.15. The van der Waals surface area contributed by atoms with E-state index >= 15 is 0 Å². The van der Waals surface area contributed by atoms with Gasteiger partial charge in [0.2, 0.25) is 0 Å². The Morgan fingerprint density at radius 2 is 1.74 bits per heavy atom. The highest BCUT2D eigenvalue weighted by Gasteiger charge is 2.17. The Morgan fingerprint density at radius 3 is 2.58 bits per heavy atom. The van der Waals surface area contributed by atoms with Gasteiger partial charge in [-0.15, -0.1) is 0 Å². The van der Waals surface area contributed by atoms with E-state index in [1.54, 1.807) is 0 Å². The zero-order chi connectivity index (χ0) is 13.1. The van der Waals surface area contributed by atoms with Crippen LogP contribution in [0.4, 0.5) is 5.69 Å². The monoisotopic (exact) mass is 249 g/mol. The molecule has 0 saturated heterocycles. The normalized spacial score (nSPS) is 13.4. The van der Waals surface area contributed by atoms with Crippen LogP contribution >= 0.6 is 0 Å². The van der Waals surface area contributed by atoms with Crippen LogP contribution in [0.15, 0.2) is 61.2 Å². The van der Waals surface area contributed by atoms with Crippen molar-refractivity contribution in [2.45, 2.75) is 12.8 Å². The molecule has 0 fully saturated rings. The van der Waals surface area contributed by atoms with E-state index < -0.39 is 0 Å². The van der Waals surface area contributed by atoms with Gasteiger partial charge in [-0.1, -0.05) is 55.1 Å². The van der Waals surface area contributed by atoms with Crippen LogP contribution in [-0.2, 0) is 6.42 Å². The van der Waals surface area contributed by atoms with Crippen molar-refractivity contribution in [3.8, 4) is 0 Å². The number of rotatable bonds is 4. The van der Waals surface area contributed by atoms with E-state index in [-0.39, 0.29) is 0 Å². The van der Waals surface area contributed by atoms with Gasteiger partial charge in [-0.3, -0.25) is 0 Å². The molecular weight excluding hydrogens is 230 g/mol. The quantitative estimate of drug-likeness (QED) is 0.786. The van der Waals surface area contributed by atoms with E-state index in [1.165, 1.54) is 28.8 Å². The maximum Gasteiger partial charge on any atom is 0.0399 e. The summed E-state index contributed by atoms with van der Waals surface area (Å²) < 4.78 is 0. The molecule has 96 valence electrons. The van der Waals surface area contributed by atoms with E-state index in [1.807, 2.05) is 6.07 Å². The molecule has 2 aromatic carbocycles. The Morgan fingerprint density at radius 1 is 1.00 bits per heavy atom. The highest BCUT2D eigenvalue weighted by molar-refractivity contribution is 5.64. The van der Waals surface area contributed by atoms with Gasteiger partial charge in [0.15, 0.2) is 0 Å². The van der Waals surface area contributed by atoms with Crippen molar-refractivity contribution < 1.29 is 0 Å². The maximum atomic E-state index is 4.22. The zero-order valence-electron chi connectivity index (χ0n) is 11.2. The minimum atomic E-state index is 1.03. The van der Waals surface area contributed by atoms with E-state index in [2.05, 4.69) is 60.0 Å². The summed E-state index contributed by atoms with van der Waals surface area (Å²) in [6, 6.07) is 19.2. The van der Waals surface area contributed by atoms with Gasteiger partial charge in [0.05, 0.1) is 0 Å². The first kappa shape index (κ1) is 12.0. The summed E-state index contributed by atoms with van der Waals surface area (Å²) in [4.78, 5) is 2.48. The molecule has 0 bridgehead atoms. The molecule has 19 heavy (non-hydrogen) atoms. The van der Waals surface area contributed by atoms with Crippen molar-refractivity contribution in [3.63, 3.8) is 0 Å². The van der Waals surface area contributed by atoms with Crippen molar-refractivity contribution in [1.82, 2.24) is 0 Å². The van der Waals surface area contributed by atoms with Gasteiger partial charge >= 0.3 is 0 Å². The first-order chi connectivity index (χ1) is 9.34. The van der Waals surface area contributed by atoms with Crippen molar-refractivity contribution in [3.05, 3.63) is 72.3 Å². The van der Waals surface area contributed by atoms with Gasteiger partial charge in [-0.25, -0.2) is 0 Å². The van der Waals surface area contributed by atoms with E-state index in [0.29, 0.717) is 0 Å². The van der Waals surface area contributed by atoms with Crippen LogP contribution in [0, 0.1) is 0 Å². The van der Waals surface area contributed by atoms with Crippen molar-refractivity contribution in [2.75, 3.05) is 18.0 Å². The minimum Gasteiger partial charge on any atom is -0.371 e. The lowest BCUT2D eigenvalue weighted by molar-refractivity contribution is 0.833. The topological polar surface area (TPSA) is 3.24 Å². The standard InChI is InChI=1S/C18H19N/c1-15(16-7-3-2-4-8-16)11-13-19-14-12-17-9-5-6-10-18(17)19/h2-10H,1,11-14H2. The smallest absolute Gasteiger partial charge is 0.0399 e. The van der Waals surface area contributed by atoms with Crippen LogP contribution in [0.1, 0.15) is 17.5 Å². The molecule has 1 aliphatic rings. The maximum absolute atomic E-state index is 4.22. The van der Waals surface area contributed by atoms with Gasteiger partial charge in [0.25, 0.3) is 0 Å². The number of anilines is 1. The first-order valence-corrected chi connectivity index (χ1v) is 6.90. The molecule has 2 aromatic rings. The van der Waals surface area contributed by atoms with Gasteiger partial charge in [-0.2, -0.15) is 0 Å². The lowest BCUT2D eigenvalue weighted by Gasteiger charge is -2.20. The van der Waals surface area contributed by atoms with Crippen LogP contribution < -0.4 is 4.90 Å². The Kier molecular flexibility index (Phi) is 3.37. The zero-order valence-corrected chi connectivity index (χ0v) is 11.2. The van der Waals surface area contributed by atoms with Crippen molar-refractivity contribution in [2.24, 2.45) is 0 Å². The number of benzene rings is 2. The molecule has 1 heterocycles. The van der Waals surface area contributed by atoms with Gasteiger partial charge in [0.1, 0.15) is 0 Å². The SMILES string of the molecule is C=C(CCN1CCc2ccccc21)c1ccccc1. The molecule has 1 heteroatoms. The summed E-state index contributed by atoms with van der Waals surface area (Å²) in [7, 11) is 0. The van der Waals surface area contributed by atoms with Crippen LogP contribution in [0.2, 0.25) is 0 Å². The Hall–Kier alpha value is -2.02. The van der Waals surface area contributed by atoms with Gasteiger partial charge in [0, 0.05) is 18.8 Å². The molecule has 0 atom stereocenters. The third kappa shape index (κ3) is 2.55. The second kappa shape index (κ2) is 5.31. The molecule has 0 aliphatic carbocycles. The van der Waals surface area contributed by atoms with Crippen LogP contribution in [0.3, 0.4) is 0 Å². The third-order valence-corrected chi connectivity index (χ3v) is 3.85. The average molecular weight is 249 g/mol. The molecule has 1 aliphatic heterocycles. The molecule has 3 rings (SSSR count). The van der Waals surface area contributed by atoms with Gasteiger partial charge < -0.3 is 4.90 Å². The number of hydrogen-bond donors (Lipinski definition) is 0. The molecule has 0 N–H and O–H groups in total. The summed E-state index contributed by atoms with van der Waals surface area (Å²) in [6.07, 6.45) is 2.20. The Balaban J connectivity index is 1.64. The predicted molar refractivity (Wildman–Crippen MR) is 82.5 cm³/mol. The fraction of sp³-hybridized carbons (Fsp3) is 0.222. The molecule has 0 aromatic heterocycles. The molecule has 0 unspecified atom stereocenters. The molecule has 0 saturated carbocycles. The Bertz CT molecular complexity index is 571.